The third-order valence-corrected chi connectivity index (χ3v) is 8.87. The van der Waals surface area contributed by atoms with Gasteiger partial charge in [0.05, 0.1) is 0 Å². The van der Waals surface area contributed by atoms with Crippen molar-refractivity contribution in [1.29, 1.82) is 0 Å². The Morgan fingerprint density at radius 2 is 1.67 bits per heavy atom. The molecule has 0 aromatic carbocycles. The Morgan fingerprint density at radius 1 is 1.07 bits per heavy atom. The standard InChI is InChI=1S/C15H24/c1-7-14-10-13(6,11(14,3)4)12(5)9(2)8-15(10,12)14/h9-10H,7-8H2,1-6H3. The summed E-state index contributed by atoms with van der Waals surface area (Å²) in [6.07, 6.45) is 2.98. The van der Waals surface area contributed by atoms with Gasteiger partial charge in [0.1, 0.15) is 0 Å². The van der Waals surface area contributed by atoms with Crippen molar-refractivity contribution in [2.45, 2.75) is 54.4 Å². The quantitative estimate of drug-likeness (QED) is 0.603. The summed E-state index contributed by atoms with van der Waals surface area (Å²) in [5.74, 6) is 2.09. The van der Waals surface area contributed by atoms with Crippen LogP contribution in [0.2, 0.25) is 0 Å². The van der Waals surface area contributed by atoms with Gasteiger partial charge in [0.2, 0.25) is 0 Å². The molecular weight excluding hydrogens is 180 g/mol. The molecular formula is C15H24. The van der Waals surface area contributed by atoms with Crippen molar-refractivity contribution in [3.05, 3.63) is 0 Å². The van der Waals surface area contributed by atoms with Crippen molar-refractivity contribution in [2.75, 3.05) is 0 Å². The maximum Gasteiger partial charge on any atom is -0.0128 e. The number of rotatable bonds is 1. The van der Waals surface area contributed by atoms with E-state index >= 15 is 0 Å². The van der Waals surface area contributed by atoms with Gasteiger partial charge in [0.25, 0.3) is 0 Å². The van der Waals surface area contributed by atoms with Crippen LogP contribution >= 0.6 is 0 Å². The smallest absolute Gasteiger partial charge is 0.0128 e. The summed E-state index contributed by atoms with van der Waals surface area (Å²) in [5, 5.41) is 0. The number of fused-ring (bicyclic) bond motifs is 1. The Balaban J connectivity index is 1.96. The third kappa shape index (κ3) is 0.358. The van der Waals surface area contributed by atoms with Gasteiger partial charge < -0.3 is 0 Å². The highest BCUT2D eigenvalue weighted by molar-refractivity contribution is 5.58. The normalized spacial score (nSPS) is 75.6. The summed E-state index contributed by atoms with van der Waals surface area (Å²) in [7, 11) is 0. The van der Waals surface area contributed by atoms with Crippen LogP contribution in [0.5, 0.6) is 0 Å². The van der Waals surface area contributed by atoms with Crippen molar-refractivity contribution >= 4 is 0 Å². The van der Waals surface area contributed by atoms with Crippen molar-refractivity contribution in [2.24, 2.45) is 38.9 Å². The molecule has 0 heteroatoms. The molecule has 0 radical (unpaired) electrons. The lowest BCUT2D eigenvalue weighted by Crippen LogP contribution is -2.71. The zero-order valence-electron chi connectivity index (χ0n) is 11.1. The fraction of sp³-hybridized carbons (Fsp3) is 1.00. The van der Waals surface area contributed by atoms with E-state index < -0.39 is 0 Å². The van der Waals surface area contributed by atoms with E-state index in [9.17, 15) is 0 Å². The van der Waals surface area contributed by atoms with E-state index in [1.807, 2.05) is 0 Å². The van der Waals surface area contributed by atoms with E-state index in [1.54, 1.807) is 6.42 Å². The van der Waals surface area contributed by atoms with E-state index in [4.69, 9.17) is 0 Å². The largest absolute Gasteiger partial charge is 0.0648 e. The fourth-order valence-electron chi connectivity index (χ4n) is 8.33. The Kier molecular flexibility index (Phi) is 0.991. The predicted molar refractivity (Wildman–Crippen MR) is 62.4 cm³/mol. The minimum absolute atomic E-state index is 0.610. The second-order valence-electron chi connectivity index (χ2n) is 7.86. The Hall–Kier alpha value is 0. The molecule has 4 aliphatic rings. The monoisotopic (exact) mass is 204 g/mol. The van der Waals surface area contributed by atoms with Crippen LogP contribution in [0.3, 0.4) is 0 Å². The predicted octanol–water partition coefficient (Wildman–Crippen LogP) is 4.10. The molecule has 0 aromatic heterocycles. The van der Waals surface area contributed by atoms with Gasteiger partial charge in [-0.3, -0.25) is 0 Å². The molecule has 4 rings (SSSR count). The van der Waals surface area contributed by atoms with Crippen LogP contribution in [0, 0.1) is 38.9 Å². The van der Waals surface area contributed by atoms with Crippen LogP contribution in [0.25, 0.3) is 0 Å². The van der Waals surface area contributed by atoms with Gasteiger partial charge in [-0.1, -0.05) is 41.5 Å². The molecule has 0 N–H and O–H groups in total. The van der Waals surface area contributed by atoms with E-state index in [2.05, 4.69) is 41.5 Å². The van der Waals surface area contributed by atoms with E-state index in [1.165, 1.54) is 6.42 Å². The Labute approximate surface area is 93.8 Å². The summed E-state index contributed by atoms with van der Waals surface area (Å²) in [6, 6.07) is 0. The zero-order chi connectivity index (χ0) is 11.1. The molecule has 0 nitrogen and oxygen atoms in total. The van der Waals surface area contributed by atoms with Crippen LogP contribution < -0.4 is 0 Å². The highest BCUT2D eigenvalue weighted by atomic mass is 15.2. The number of hydrogen-bond acceptors (Lipinski definition) is 0. The van der Waals surface area contributed by atoms with Gasteiger partial charge in [-0.2, -0.15) is 0 Å². The molecule has 6 unspecified atom stereocenters. The first-order valence-corrected chi connectivity index (χ1v) is 6.80. The molecule has 0 aromatic rings. The van der Waals surface area contributed by atoms with Gasteiger partial charge in [-0.15, -0.1) is 0 Å². The van der Waals surface area contributed by atoms with Gasteiger partial charge >= 0.3 is 0 Å². The van der Waals surface area contributed by atoms with Crippen molar-refractivity contribution in [3.8, 4) is 0 Å². The second-order valence-corrected chi connectivity index (χ2v) is 7.86. The minimum atomic E-state index is 0.610. The molecule has 4 fully saturated rings. The second kappa shape index (κ2) is 1.64. The summed E-state index contributed by atoms with van der Waals surface area (Å²) in [5.41, 5.74) is 3.55. The Morgan fingerprint density at radius 3 is 2.00 bits per heavy atom. The number of hydrogen-bond donors (Lipinski definition) is 0. The van der Waals surface area contributed by atoms with Crippen LogP contribution in [0.1, 0.15) is 54.4 Å². The first kappa shape index (κ1) is 9.07. The van der Waals surface area contributed by atoms with Crippen molar-refractivity contribution < 1.29 is 0 Å². The lowest BCUT2D eigenvalue weighted by Gasteiger charge is -2.75. The lowest BCUT2D eigenvalue weighted by molar-refractivity contribution is -0.283. The average molecular weight is 204 g/mol. The van der Waals surface area contributed by atoms with E-state index in [0.29, 0.717) is 16.2 Å². The SMILES string of the molecule is CCC12C3C(C)(C1(C)C)C1(C)C(C)CC312. The summed E-state index contributed by atoms with van der Waals surface area (Å²) in [6.45, 7) is 15.3. The molecule has 84 valence electrons. The zero-order valence-corrected chi connectivity index (χ0v) is 11.1. The molecule has 4 aliphatic carbocycles. The van der Waals surface area contributed by atoms with E-state index in [-0.39, 0.29) is 0 Å². The molecule has 0 amide bonds. The first-order chi connectivity index (χ1) is 6.80. The summed E-state index contributed by atoms with van der Waals surface area (Å²) in [4.78, 5) is 0. The molecule has 0 aliphatic heterocycles. The van der Waals surface area contributed by atoms with Crippen LogP contribution in [0.15, 0.2) is 0 Å². The molecule has 15 heavy (non-hydrogen) atoms. The molecule has 0 heterocycles. The maximum atomic E-state index is 2.61. The van der Waals surface area contributed by atoms with Gasteiger partial charge in [0, 0.05) is 0 Å². The summed E-state index contributed by atoms with van der Waals surface area (Å²) >= 11 is 0. The lowest BCUT2D eigenvalue weighted by atomic mass is 9.29. The topological polar surface area (TPSA) is 0 Å². The highest BCUT2D eigenvalue weighted by Crippen LogP contribution is 3.16. The fourth-order valence-corrected chi connectivity index (χ4v) is 8.33. The van der Waals surface area contributed by atoms with Crippen LogP contribution in [-0.2, 0) is 0 Å². The molecule has 1 spiro atoms. The molecule has 0 saturated heterocycles. The van der Waals surface area contributed by atoms with Crippen LogP contribution in [0.4, 0.5) is 0 Å². The molecule has 4 saturated carbocycles. The van der Waals surface area contributed by atoms with Crippen molar-refractivity contribution in [1.82, 2.24) is 0 Å². The minimum Gasteiger partial charge on any atom is -0.0648 e. The molecule has 0 bridgehead atoms. The van der Waals surface area contributed by atoms with Crippen molar-refractivity contribution in [3.63, 3.8) is 0 Å². The first-order valence-electron chi connectivity index (χ1n) is 6.80. The third-order valence-electron chi connectivity index (χ3n) is 8.87. The molecule has 6 atom stereocenters. The average Bonchev–Trinajstić information content (AvgIpc) is 2.77. The van der Waals surface area contributed by atoms with E-state index in [0.717, 1.165) is 22.7 Å². The summed E-state index contributed by atoms with van der Waals surface area (Å²) < 4.78 is 0. The van der Waals surface area contributed by atoms with Gasteiger partial charge in [-0.25, -0.2) is 0 Å². The maximum absolute atomic E-state index is 2.61. The van der Waals surface area contributed by atoms with Gasteiger partial charge in [-0.05, 0) is 51.8 Å². The Bertz CT molecular complexity index is 381. The highest BCUT2D eigenvalue weighted by Gasteiger charge is 3.12. The van der Waals surface area contributed by atoms with Gasteiger partial charge in [0.15, 0.2) is 0 Å². The van der Waals surface area contributed by atoms with Crippen LogP contribution in [-0.4, -0.2) is 0 Å².